The van der Waals surface area contributed by atoms with E-state index in [0.717, 1.165) is 0 Å². The van der Waals surface area contributed by atoms with Gasteiger partial charge in [-0.05, 0) is 24.6 Å². The number of hydrogen-bond donors (Lipinski definition) is 1. The van der Waals surface area contributed by atoms with E-state index in [9.17, 15) is 14.0 Å². The highest BCUT2D eigenvalue weighted by atomic mass is 35.5. The van der Waals surface area contributed by atoms with Crippen LogP contribution in [-0.4, -0.2) is 19.7 Å². The number of benzene rings is 1. The minimum Gasteiger partial charge on any atom is -0.339 e. The van der Waals surface area contributed by atoms with Gasteiger partial charge in [0.05, 0.1) is 6.42 Å². The van der Waals surface area contributed by atoms with E-state index in [0.29, 0.717) is 21.8 Å². The molecule has 1 N–H and O–H groups in total. The van der Waals surface area contributed by atoms with Crippen molar-refractivity contribution in [1.82, 2.24) is 19.7 Å². The van der Waals surface area contributed by atoms with Gasteiger partial charge in [-0.3, -0.25) is 9.78 Å². The van der Waals surface area contributed by atoms with Gasteiger partial charge in [-0.2, -0.15) is 4.98 Å². The Balaban J connectivity index is 1.77. The molecule has 0 aliphatic heterocycles. The van der Waals surface area contributed by atoms with Crippen molar-refractivity contribution >= 4 is 11.6 Å². The number of aromatic nitrogens is 4. The van der Waals surface area contributed by atoms with Crippen LogP contribution in [0.25, 0.3) is 0 Å². The van der Waals surface area contributed by atoms with Gasteiger partial charge in [0.25, 0.3) is 5.56 Å². The molecule has 9 heteroatoms. The zero-order valence-electron chi connectivity index (χ0n) is 14.1. The zero-order chi connectivity index (χ0) is 18.8. The number of hydrogen-bond acceptors (Lipinski definition) is 5. The van der Waals surface area contributed by atoms with E-state index in [2.05, 4.69) is 15.1 Å². The van der Waals surface area contributed by atoms with Crippen LogP contribution in [0.1, 0.15) is 34.7 Å². The van der Waals surface area contributed by atoms with Crippen LogP contribution >= 0.6 is 11.6 Å². The predicted octanol–water partition coefficient (Wildman–Crippen LogP) is 2.26. The molecular weight excluding hydrogens is 363 g/mol. The van der Waals surface area contributed by atoms with Gasteiger partial charge < -0.3 is 9.09 Å². The fraction of sp³-hybridized carbons (Fsp3) is 0.294. The molecule has 3 aromatic rings. The van der Waals surface area contributed by atoms with Crippen LogP contribution in [0.5, 0.6) is 0 Å². The van der Waals surface area contributed by atoms with Crippen molar-refractivity contribution in [3.05, 3.63) is 78.7 Å². The fourth-order valence-corrected chi connectivity index (χ4v) is 2.66. The standard InChI is InChI=1S/C17H16ClFN4O3/c1-9-12(16(24)21-17(25)23(9)2)7-15-20-14(22-26-15)8-13(19)10-3-5-11(18)6-4-10/h3-6,13H,7-8H2,1-2H3,(H,21,24,25)/t13-/m1/s1. The third-order valence-electron chi connectivity index (χ3n) is 4.17. The van der Waals surface area contributed by atoms with E-state index >= 15 is 0 Å². The van der Waals surface area contributed by atoms with Gasteiger partial charge in [0.15, 0.2) is 5.82 Å². The second-order valence-corrected chi connectivity index (χ2v) is 6.32. The molecule has 0 saturated carbocycles. The average Bonchev–Trinajstić information content (AvgIpc) is 3.04. The summed E-state index contributed by atoms with van der Waals surface area (Å²) in [6.07, 6.45) is -1.31. The average molecular weight is 379 g/mol. The second-order valence-electron chi connectivity index (χ2n) is 5.89. The number of rotatable bonds is 5. The monoisotopic (exact) mass is 378 g/mol. The SMILES string of the molecule is Cc1c(Cc2nc(C[C@@H](F)c3ccc(Cl)cc3)no2)c(=O)[nH]c(=O)n1C. The van der Waals surface area contributed by atoms with E-state index in [-0.39, 0.29) is 24.6 Å². The van der Waals surface area contributed by atoms with Crippen molar-refractivity contribution < 1.29 is 8.91 Å². The van der Waals surface area contributed by atoms with Crippen LogP contribution in [0.15, 0.2) is 38.4 Å². The molecule has 0 saturated heterocycles. The molecule has 0 aliphatic carbocycles. The first-order valence-corrected chi connectivity index (χ1v) is 8.22. The van der Waals surface area contributed by atoms with Gasteiger partial charge in [0.1, 0.15) is 6.17 Å². The predicted molar refractivity (Wildman–Crippen MR) is 93.1 cm³/mol. The lowest BCUT2D eigenvalue weighted by molar-refractivity contribution is 0.326. The number of H-pyrrole nitrogens is 1. The van der Waals surface area contributed by atoms with Crippen molar-refractivity contribution in [3.8, 4) is 0 Å². The minimum absolute atomic E-state index is 0.0557. The first-order valence-electron chi connectivity index (χ1n) is 7.85. The number of nitrogens with one attached hydrogen (secondary N) is 1. The lowest BCUT2D eigenvalue weighted by Crippen LogP contribution is -2.33. The van der Waals surface area contributed by atoms with Crippen LogP contribution in [0.3, 0.4) is 0 Å². The molecule has 26 heavy (non-hydrogen) atoms. The molecule has 136 valence electrons. The van der Waals surface area contributed by atoms with Crippen LogP contribution in [0, 0.1) is 6.92 Å². The molecule has 2 aromatic heterocycles. The van der Waals surface area contributed by atoms with Crippen molar-refractivity contribution in [1.29, 1.82) is 0 Å². The Bertz CT molecular complexity index is 1040. The van der Waals surface area contributed by atoms with Crippen molar-refractivity contribution in [2.45, 2.75) is 25.9 Å². The van der Waals surface area contributed by atoms with Crippen LogP contribution in [-0.2, 0) is 19.9 Å². The van der Waals surface area contributed by atoms with Gasteiger partial charge in [-0.1, -0.05) is 28.9 Å². The Morgan fingerprint density at radius 1 is 1.31 bits per heavy atom. The summed E-state index contributed by atoms with van der Waals surface area (Å²) in [7, 11) is 1.55. The molecule has 3 rings (SSSR count). The highest BCUT2D eigenvalue weighted by molar-refractivity contribution is 6.30. The van der Waals surface area contributed by atoms with Gasteiger partial charge in [0, 0.05) is 29.7 Å². The Morgan fingerprint density at radius 3 is 2.69 bits per heavy atom. The summed E-state index contributed by atoms with van der Waals surface area (Å²) in [6.45, 7) is 1.65. The zero-order valence-corrected chi connectivity index (χ0v) is 14.9. The maximum atomic E-state index is 14.4. The largest absolute Gasteiger partial charge is 0.339 e. The fourth-order valence-electron chi connectivity index (χ4n) is 2.53. The van der Waals surface area contributed by atoms with Crippen molar-refractivity contribution in [2.75, 3.05) is 0 Å². The summed E-state index contributed by atoms with van der Waals surface area (Å²) in [5, 5.41) is 4.29. The number of aromatic amines is 1. The van der Waals surface area contributed by atoms with Crippen LogP contribution < -0.4 is 11.2 Å². The molecule has 0 bridgehead atoms. The summed E-state index contributed by atoms with van der Waals surface area (Å²) in [5.41, 5.74) is 0.312. The molecule has 0 unspecified atom stereocenters. The Labute approximate surface area is 152 Å². The van der Waals surface area contributed by atoms with Gasteiger partial charge >= 0.3 is 5.69 Å². The lowest BCUT2D eigenvalue weighted by atomic mass is 10.1. The molecule has 0 aliphatic rings. The highest BCUT2D eigenvalue weighted by Crippen LogP contribution is 2.23. The van der Waals surface area contributed by atoms with E-state index in [1.165, 1.54) is 4.57 Å². The van der Waals surface area contributed by atoms with Crippen LogP contribution in [0.4, 0.5) is 4.39 Å². The van der Waals surface area contributed by atoms with E-state index in [1.807, 2.05) is 0 Å². The summed E-state index contributed by atoms with van der Waals surface area (Å²) in [4.78, 5) is 29.9. The summed E-state index contributed by atoms with van der Waals surface area (Å²) >= 11 is 5.79. The molecular formula is C17H16ClFN4O3. The first-order chi connectivity index (χ1) is 12.3. The molecule has 0 fully saturated rings. The smallest absolute Gasteiger partial charge is 0.328 e. The number of nitrogens with zero attached hydrogens (tertiary/aromatic N) is 3. The third-order valence-corrected chi connectivity index (χ3v) is 4.42. The molecule has 0 radical (unpaired) electrons. The van der Waals surface area contributed by atoms with Crippen molar-refractivity contribution in [2.24, 2.45) is 7.05 Å². The number of halogens is 2. The number of alkyl halides is 1. The Hall–Kier alpha value is -2.74. The quantitative estimate of drug-likeness (QED) is 0.735. The molecule has 1 aromatic carbocycles. The molecule has 1 atom stereocenters. The summed E-state index contributed by atoms with van der Waals surface area (Å²) in [6, 6.07) is 6.42. The molecule has 7 nitrogen and oxygen atoms in total. The van der Waals surface area contributed by atoms with Crippen LogP contribution in [0.2, 0.25) is 5.02 Å². The maximum Gasteiger partial charge on any atom is 0.328 e. The first kappa shape index (κ1) is 18.1. The lowest BCUT2D eigenvalue weighted by Gasteiger charge is -2.06. The van der Waals surface area contributed by atoms with Gasteiger partial charge in [0.2, 0.25) is 5.89 Å². The topological polar surface area (TPSA) is 93.8 Å². The van der Waals surface area contributed by atoms with Crippen molar-refractivity contribution in [3.63, 3.8) is 0 Å². The summed E-state index contributed by atoms with van der Waals surface area (Å²) < 4.78 is 20.8. The second kappa shape index (κ2) is 7.25. The highest BCUT2D eigenvalue weighted by Gasteiger charge is 2.18. The molecule has 2 heterocycles. The van der Waals surface area contributed by atoms with Gasteiger partial charge in [-0.25, -0.2) is 9.18 Å². The molecule has 0 amide bonds. The third kappa shape index (κ3) is 3.75. The Morgan fingerprint density at radius 2 is 2.00 bits per heavy atom. The minimum atomic E-state index is -1.31. The maximum absolute atomic E-state index is 14.4. The van der Waals surface area contributed by atoms with E-state index in [4.69, 9.17) is 16.1 Å². The van der Waals surface area contributed by atoms with Gasteiger partial charge in [-0.15, -0.1) is 0 Å². The molecule has 0 spiro atoms. The van der Waals surface area contributed by atoms with E-state index < -0.39 is 17.4 Å². The summed E-state index contributed by atoms with van der Waals surface area (Å²) in [5.74, 6) is 0.372. The normalized spacial score (nSPS) is 12.3. The Kier molecular flexibility index (Phi) is 5.03. The van der Waals surface area contributed by atoms with E-state index in [1.54, 1.807) is 38.2 Å².